The maximum atomic E-state index is 4.57. The number of nitrogens with one attached hydrogen (secondary N) is 1. The van der Waals surface area contributed by atoms with Gasteiger partial charge >= 0.3 is 0 Å². The minimum atomic E-state index is 0.309. The van der Waals surface area contributed by atoms with Gasteiger partial charge in [-0.3, -0.25) is 4.68 Å². The first-order valence-corrected chi connectivity index (χ1v) is 7.47. The lowest BCUT2D eigenvalue weighted by Crippen LogP contribution is -2.26. The summed E-state index contributed by atoms with van der Waals surface area (Å²) in [6.45, 7) is 10.3. The van der Waals surface area contributed by atoms with Gasteiger partial charge in [0.25, 0.3) is 0 Å². The number of nitrogens with zero attached hydrogens (tertiary/aromatic N) is 2. The van der Waals surface area contributed by atoms with Crippen LogP contribution in [0, 0.1) is 13.8 Å². The summed E-state index contributed by atoms with van der Waals surface area (Å²) in [4.78, 5) is 0. The third kappa shape index (κ3) is 3.48. The van der Waals surface area contributed by atoms with Crippen molar-refractivity contribution in [2.75, 3.05) is 6.54 Å². The normalized spacial score (nSPS) is 12.6. The van der Waals surface area contributed by atoms with Gasteiger partial charge in [0, 0.05) is 5.69 Å². The highest BCUT2D eigenvalue weighted by molar-refractivity contribution is 5.25. The predicted octanol–water partition coefficient (Wildman–Crippen LogP) is 3.41. The number of aryl methyl sites for hydroxylation is 3. The van der Waals surface area contributed by atoms with Gasteiger partial charge < -0.3 is 5.32 Å². The minimum Gasteiger partial charge on any atom is -0.309 e. The molecule has 108 valence electrons. The lowest BCUT2D eigenvalue weighted by molar-refractivity contribution is 0.441. The molecular weight excluding hydrogens is 246 g/mol. The fraction of sp³-hybridized carbons (Fsp3) is 0.471. The topological polar surface area (TPSA) is 29.9 Å². The smallest absolute Gasteiger partial charge is 0.0607 e. The molecule has 1 atom stereocenters. The van der Waals surface area contributed by atoms with E-state index < -0.39 is 0 Å². The molecule has 0 saturated carbocycles. The Hall–Kier alpha value is -1.61. The molecule has 20 heavy (non-hydrogen) atoms. The van der Waals surface area contributed by atoms with E-state index in [1.807, 2.05) is 6.92 Å². The fourth-order valence-electron chi connectivity index (χ4n) is 2.55. The van der Waals surface area contributed by atoms with Crippen LogP contribution < -0.4 is 5.32 Å². The van der Waals surface area contributed by atoms with Crippen molar-refractivity contribution < 1.29 is 0 Å². The van der Waals surface area contributed by atoms with Crippen molar-refractivity contribution in [1.82, 2.24) is 15.1 Å². The number of hydrogen-bond acceptors (Lipinski definition) is 2. The first-order valence-electron chi connectivity index (χ1n) is 7.47. The molecular formula is C17H25N3. The third-order valence-corrected chi connectivity index (χ3v) is 3.70. The molecule has 2 rings (SSSR count). The second-order valence-corrected chi connectivity index (χ2v) is 5.31. The summed E-state index contributed by atoms with van der Waals surface area (Å²) in [6.07, 6.45) is 1.09. The lowest BCUT2D eigenvalue weighted by atomic mass is 10.0. The quantitative estimate of drug-likeness (QED) is 0.872. The number of likely N-dealkylation sites (N-methyl/N-ethyl adjacent to an activating group) is 1. The molecule has 0 amide bonds. The molecule has 1 unspecified atom stereocenters. The summed E-state index contributed by atoms with van der Waals surface area (Å²) >= 11 is 0. The van der Waals surface area contributed by atoms with Crippen LogP contribution in [-0.4, -0.2) is 16.3 Å². The maximum Gasteiger partial charge on any atom is 0.0607 e. The van der Waals surface area contributed by atoms with E-state index in [-0.39, 0.29) is 0 Å². The zero-order chi connectivity index (χ0) is 14.5. The zero-order valence-electron chi connectivity index (χ0n) is 13.0. The van der Waals surface area contributed by atoms with Crippen molar-refractivity contribution >= 4 is 0 Å². The first-order chi connectivity index (χ1) is 9.63. The SMILES string of the molecule is CCNC(Cn1nc(C)cc1C)c1ccc(CC)cc1. The second-order valence-electron chi connectivity index (χ2n) is 5.31. The molecule has 1 heterocycles. The largest absolute Gasteiger partial charge is 0.309 e. The summed E-state index contributed by atoms with van der Waals surface area (Å²) < 4.78 is 2.09. The molecule has 0 aliphatic heterocycles. The molecule has 3 heteroatoms. The van der Waals surface area contributed by atoms with E-state index in [9.17, 15) is 0 Å². The van der Waals surface area contributed by atoms with E-state index in [1.54, 1.807) is 0 Å². The Kier molecular flexibility index (Phi) is 4.96. The van der Waals surface area contributed by atoms with Gasteiger partial charge in [-0.1, -0.05) is 38.1 Å². The van der Waals surface area contributed by atoms with Crippen LogP contribution >= 0.6 is 0 Å². The Morgan fingerprint density at radius 1 is 1.15 bits per heavy atom. The zero-order valence-corrected chi connectivity index (χ0v) is 13.0. The van der Waals surface area contributed by atoms with Gasteiger partial charge in [-0.2, -0.15) is 5.10 Å². The Morgan fingerprint density at radius 2 is 1.85 bits per heavy atom. The van der Waals surface area contributed by atoms with Crippen LogP contribution in [0.5, 0.6) is 0 Å². The number of hydrogen-bond donors (Lipinski definition) is 1. The van der Waals surface area contributed by atoms with Gasteiger partial charge in [0.2, 0.25) is 0 Å². The molecule has 0 bridgehead atoms. The molecule has 0 aliphatic rings. The van der Waals surface area contributed by atoms with E-state index in [0.717, 1.165) is 25.2 Å². The van der Waals surface area contributed by atoms with Crippen molar-refractivity contribution in [3.8, 4) is 0 Å². The predicted molar refractivity (Wildman–Crippen MR) is 83.9 cm³/mol. The van der Waals surface area contributed by atoms with Crippen molar-refractivity contribution in [3.63, 3.8) is 0 Å². The standard InChI is InChI=1S/C17H25N3/c1-5-15-7-9-16(10-8-15)17(18-6-2)12-20-14(4)11-13(3)19-20/h7-11,17-18H,5-6,12H2,1-4H3. The molecule has 0 aliphatic carbocycles. The molecule has 2 aromatic rings. The van der Waals surface area contributed by atoms with Crippen molar-refractivity contribution in [3.05, 3.63) is 52.8 Å². The summed E-state index contributed by atoms with van der Waals surface area (Å²) in [5, 5.41) is 8.13. The van der Waals surface area contributed by atoms with Crippen LogP contribution in [0.25, 0.3) is 0 Å². The van der Waals surface area contributed by atoms with Crippen molar-refractivity contribution in [1.29, 1.82) is 0 Å². The average molecular weight is 271 g/mol. The average Bonchev–Trinajstić information content (AvgIpc) is 2.76. The Labute approximate surface area is 122 Å². The number of benzene rings is 1. The minimum absolute atomic E-state index is 0.309. The van der Waals surface area contributed by atoms with Crippen molar-refractivity contribution in [2.45, 2.75) is 46.7 Å². The third-order valence-electron chi connectivity index (χ3n) is 3.70. The van der Waals surface area contributed by atoms with Crippen LogP contribution in [0.4, 0.5) is 0 Å². The molecule has 1 N–H and O–H groups in total. The molecule has 1 aromatic carbocycles. The summed E-state index contributed by atoms with van der Waals surface area (Å²) in [5.74, 6) is 0. The highest BCUT2D eigenvalue weighted by Gasteiger charge is 2.13. The Balaban J connectivity index is 2.19. The van der Waals surface area contributed by atoms with Gasteiger partial charge in [-0.15, -0.1) is 0 Å². The Morgan fingerprint density at radius 3 is 2.35 bits per heavy atom. The van der Waals surface area contributed by atoms with Crippen LogP contribution in [0.15, 0.2) is 30.3 Å². The van der Waals surface area contributed by atoms with Gasteiger partial charge in [-0.05, 0) is 44.0 Å². The number of aromatic nitrogens is 2. The summed E-state index contributed by atoms with van der Waals surface area (Å²) in [6, 6.07) is 11.4. The molecule has 0 fully saturated rings. The van der Waals surface area contributed by atoms with E-state index in [4.69, 9.17) is 0 Å². The van der Waals surface area contributed by atoms with Crippen LogP contribution in [-0.2, 0) is 13.0 Å². The maximum absolute atomic E-state index is 4.57. The van der Waals surface area contributed by atoms with Gasteiger partial charge in [-0.25, -0.2) is 0 Å². The molecule has 0 radical (unpaired) electrons. The Bertz CT molecular complexity index is 540. The van der Waals surface area contributed by atoms with Gasteiger partial charge in [0.05, 0.1) is 18.3 Å². The first kappa shape index (κ1) is 14.8. The van der Waals surface area contributed by atoms with E-state index in [2.05, 4.69) is 66.2 Å². The summed E-state index contributed by atoms with van der Waals surface area (Å²) in [7, 11) is 0. The molecule has 1 aromatic heterocycles. The molecule has 0 saturated heterocycles. The molecule has 0 spiro atoms. The van der Waals surface area contributed by atoms with E-state index in [1.165, 1.54) is 16.8 Å². The lowest BCUT2D eigenvalue weighted by Gasteiger charge is -2.19. The summed E-state index contributed by atoms with van der Waals surface area (Å²) in [5.41, 5.74) is 5.02. The van der Waals surface area contributed by atoms with Gasteiger partial charge in [0.15, 0.2) is 0 Å². The van der Waals surface area contributed by atoms with E-state index >= 15 is 0 Å². The van der Waals surface area contributed by atoms with E-state index in [0.29, 0.717) is 6.04 Å². The van der Waals surface area contributed by atoms with Crippen LogP contribution in [0.3, 0.4) is 0 Å². The number of rotatable bonds is 6. The van der Waals surface area contributed by atoms with Gasteiger partial charge in [0.1, 0.15) is 0 Å². The van der Waals surface area contributed by atoms with Crippen LogP contribution in [0.1, 0.15) is 42.4 Å². The molecule has 3 nitrogen and oxygen atoms in total. The second kappa shape index (κ2) is 6.71. The monoisotopic (exact) mass is 271 g/mol. The van der Waals surface area contributed by atoms with Crippen molar-refractivity contribution in [2.24, 2.45) is 0 Å². The highest BCUT2D eigenvalue weighted by atomic mass is 15.3. The fourth-order valence-corrected chi connectivity index (χ4v) is 2.55. The highest BCUT2D eigenvalue weighted by Crippen LogP contribution is 2.17. The van der Waals surface area contributed by atoms with Crippen LogP contribution in [0.2, 0.25) is 0 Å².